The number of rotatable bonds is 6. The summed E-state index contributed by atoms with van der Waals surface area (Å²) in [5.74, 6) is 0.682. The van der Waals surface area contributed by atoms with Crippen LogP contribution in [-0.4, -0.2) is 32.0 Å². The number of carbonyl (C=O) groups is 2. The van der Waals surface area contributed by atoms with Crippen molar-refractivity contribution in [3.63, 3.8) is 0 Å². The third-order valence-electron chi connectivity index (χ3n) is 2.94. The highest BCUT2D eigenvalue weighted by Crippen LogP contribution is 2.12. The normalized spacial score (nSPS) is 10.9. The summed E-state index contributed by atoms with van der Waals surface area (Å²) in [5, 5.41) is 5.57. The van der Waals surface area contributed by atoms with Gasteiger partial charge in [-0.25, -0.2) is 0 Å². The van der Waals surface area contributed by atoms with E-state index in [9.17, 15) is 9.59 Å². The lowest BCUT2D eigenvalue weighted by atomic mass is 9.96. The summed E-state index contributed by atoms with van der Waals surface area (Å²) in [6.07, 6.45) is 0.317. The Kier molecular flexibility index (Phi) is 6.21. The second-order valence-corrected chi connectivity index (χ2v) is 5.88. The first-order valence-electron chi connectivity index (χ1n) is 7.01. The summed E-state index contributed by atoms with van der Waals surface area (Å²) in [6, 6.07) is 7.37. The van der Waals surface area contributed by atoms with Crippen molar-refractivity contribution in [1.82, 2.24) is 10.6 Å². The van der Waals surface area contributed by atoms with Crippen LogP contribution in [0.2, 0.25) is 0 Å². The summed E-state index contributed by atoms with van der Waals surface area (Å²) in [4.78, 5) is 23.4. The van der Waals surface area contributed by atoms with Crippen LogP contribution in [0.3, 0.4) is 0 Å². The molecule has 21 heavy (non-hydrogen) atoms. The van der Waals surface area contributed by atoms with E-state index in [1.807, 2.05) is 45.0 Å². The van der Waals surface area contributed by atoms with Gasteiger partial charge in [0.1, 0.15) is 5.75 Å². The Morgan fingerprint density at radius 2 is 1.62 bits per heavy atom. The molecule has 0 fully saturated rings. The van der Waals surface area contributed by atoms with Gasteiger partial charge < -0.3 is 15.4 Å². The first-order chi connectivity index (χ1) is 9.82. The van der Waals surface area contributed by atoms with Gasteiger partial charge in [0.05, 0.1) is 13.5 Å². The molecule has 2 N–H and O–H groups in total. The van der Waals surface area contributed by atoms with E-state index in [1.165, 1.54) is 0 Å². The Hall–Kier alpha value is -2.04. The first kappa shape index (κ1) is 17.0. The Morgan fingerprint density at radius 3 is 2.14 bits per heavy atom. The molecule has 0 unspecified atom stereocenters. The van der Waals surface area contributed by atoms with E-state index in [0.717, 1.165) is 11.3 Å². The van der Waals surface area contributed by atoms with Crippen LogP contribution in [0.1, 0.15) is 26.3 Å². The maximum absolute atomic E-state index is 11.8. The molecular formula is C16H24N2O3. The number of nitrogens with one attached hydrogen (secondary N) is 2. The first-order valence-corrected chi connectivity index (χ1v) is 7.01. The van der Waals surface area contributed by atoms with E-state index in [1.54, 1.807) is 7.11 Å². The monoisotopic (exact) mass is 292 g/mol. The summed E-state index contributed by atoms with van der Waals surface area (Å²) in [5.41, 5.74) is 0.514. The lowest BCUT2D eigenvalue weighted by Gasteiger charge is -2.17. The molecular weight excluding hydrogens is 268 g/mol. The highest BCUT2D eigenvalue weighted by molar-refractivity contribution is 5.81. The summed E-state index contributed by atoms with van der Waals surface area (Å²) >= 11 is 0. The minimum Gasteiger partial charge on any atom is -0.497 e. The van der Waals surface area contributed by atoms with E-state index in [-0.39, 0.29) is 11.8 Å². The minimum atomic E-state index is -0.410. The summed E-state index contributed by atoms with van der Waals surface area (Å²) in [7, 11) is 1.60. The molecule has 0 saturated heterocycles. The van der Waals surface area contributed by atoms with Crippen molar-refractivity contribution in [3.8, 4) is 5.75 Å². The molecule has 116 valence electrons. The molecule has 0 aliphatic heterocycles. The average Bonchev–Trinajstić information content (AvgIpc) is 2.43. The molecule has 0 spiro atoms. The zero-order valence-electron chi connectivity index (χ0n) is 13.2. The molecule has 0 saturated carbocycles. The standard InChI is InChI=1S/C16H24N2O3/c1-16(2,3)15(20)18-10-9-17-14(19)11-12-5-7-13(21-4)8-6-12/h5-8H,9-11H2,1-4H3,(H,17,19)(H,18,20). The Labute approximate surface area is 126 Å². The van der Waals surface area contributed by atoms with Crippen LogP contribution < -0.4 is 15.4 Å². The highest BCUT2D eigenvalue weighted by atomic mass is 16.5. The molecule has 1 aromatic carbocycles. The van der Waals surface area contributed by atoms with E-state index >= 15 is 0 Å². The molecule has 0 heterocycles. The zero-order valence-corrected chi connectivity index (χ0v) is 13.2. The van der Waals surface area contributed by atoms with Gasteiger partial charge in [0, 0.05) is 18.5 Å². The minimum absolute atomic E-state index is 0.0214. The smallest absolute Gasteiger partial charge is 0.225 e. The number of methoxy groups -OCH3 is 1. The topological polar surface area (TPSA) is 67.4 Å². The highest BCUT2D eigenvalue weighted by Gasteiger charge is 2.20. The maximum Gasteiger partial charge on any atom is 0.225 e. The molecule has 0 aliphatic rings. The molecule has 1 aromatic rings. The van der Waals surface area contributed by atoms with Crippen LogP contribution in [0.4, 0.5) is 0 Å². The van der Waals surface area contributed by atoms with Gasteiger partial charge in [0.25, 0.3) is 0 Å². The van der Waals surface area contributed by atoms with Crippen molar-refractivity contribution in [2.45, 2.75) is 27.2 Å². The molecule has 1 rings (SSSR count). The fourth-order valence-electron chi connectivity index (χ4n) is 1.63. The van der Waals surface area contributed by atoms with E-state index in [0.29, 0.717) is 19.5 Å². The van der Waals surface area contributed by atoms with Crippen LogP contribution in [0, 0.1) is 5.41 Å². The van der Waals surface area contributed by atoms with Gasteiger partial charge in [0.2, 0.25) is 11.8 Å². The molecule has 0 aromatic heterocycles. The van der Waals surface area contributed by atoms with E-state index in [2.05, 4.69) is 10.6 Å². The molecule has 5 nitrogen and oxygen atoms in total. The van der Waals surface area contributed by atoms with Gasteiger partial charge in [0.15, 0.2) is 0 Å². The van der Waals surface area contributed by atoms with Gasteiger partial charge in [-0.1, -0.05) is 32.9 Å². The molecule has 5 heteroatoms. The number of carbonyl (C=O) groups excluding carboxylic acids is 2. The van der Waals surface area contributed by atoms with Gasteiger partial charge in [-0.2, -0.15) is 0 Å². The van der Waals surface area contributed by atoms with Crippen LogP contribution in [0.5, 0.6) is 5.75 Å². The Bertz CT molecular complexity index is 475. The lowest BCUT2D eigenvalue weighted by Crippen LogP contribution is -2.40. The predicted molar refractivity (Wildman–Crippen MR) is 82.2 cm³/mol. The Morgan fingerprint density at radius 1 is 1.05 bits per heavy atom. The van der Waals surface area contributed by atoms with E-state index in [4.69, 9.17) is 4.74 Å². The molecule has 0 bridgehead atoms. The quantitative estimate of drug-likeness (QED) is 0.781. The van der Waals surface area contributed by atoms with Crippen molar-refractivity contribution >= 4 is 11.8 Å². The van der Waals surface area contributed by atoms with Crippen molar-refractivity contribution in [2.24, 2.45) is 5.41 Å². The van der Waals surface area contributed by atoms with Gasteiger partial charge >= 0.3 is 0 Å². The lowest BCUT2D eigenvalue weighted by molar-refractivity contribution is -0.128. The van der Waals surface area contributed by atoms with Crippen LogP contribution >= 0.6 is 0 Å². The zero-order chi connectivity index (χ0) is 15.9. The number of ether oxygens (including phenoxy) is 1. The molecule has 0 atom stereocenters. The SMILES string of the molecule is COc1ccc(CC(=O)NCCNC(=O)C(C)(C)C)cc1. The van der Waals surface area contributed by atoms with Gasteiger partial charge in [-0.05, 0) is 17.7 Å². The van der Waals surface area contributed by atoms with Crippen molar-refractivity contribution < 1.29 is 14.3 Å². The summed E-state index contributed by atoms with van der Waals surface area (Å²) < 4.78 is 5.06. The maximum atomic E-state index is 11.8. The Balaban J connectivity index is 2.26. The number of amides is 2. The fourth-order valence-corrected chi connectivity index (χ4v) is 1.63. The summed E-state index contributed by atoms with van der Waals surface area (Å²) in [6.45, 7) is 6.42. The van der Waals surface area contributed by atoms with Crippen molar-refractivity contribution in [1.29, 1.82) is 0 Å². The number of hydrogen-bond acceptors (Lipinski definition) is 3. The number of hydrogen-bond donors (Lipinski definition) is 2. The van der Waals surface area contributed by atoms with Gasteiger partial charge in [-0.15, -0.1) is 0 Å². The number of benzene rings is 1. The van der Waals surface area contributed by atoms with E-state index < -0.39 is 5.41 Å². The molecule has 0 aliphatic carbocycles. The van der Waals surface area contributed by atoms with Crippen molar-refractivity contribution in [3.05, 3.63) is 29.8 Å². The molecule has 2 amide bonds. The third-order valence-corrected chi connectivity index (χ3v) is 2.94. The average molecular weight is 292 g/mol. The molecule has 0 radical (unpaired) electrons. The van der Waals surface area contributed by atoms with Crippen LogP contribution in [0.25, 0.3) is 0 Å². The largest absolute Gasteiger partial charge is 0.497 e. The van der Waals surface area contributed by atoms with Crippen LogP contribution in [0.15, 0.2) is 24.3 Å². The fraction of sp³-hybridized carbons (Fsp3) is 0.500. The second kappa shape index (κ2) is 7.67. The van der Waals surface area contributed by atoms with Gasteiger partial charge in [-0.3, -0.25) is 9.59 Å². The third kappa shape index (κ3) is 6.29. The van der Waals surface area contributed by atoms with Crippen molar-refractivity contribution in [2.75, 3.05) is 20.2 Å². The predicted octanol–water partition coefficient (Wildman–Crippen LogP) is 1.52. The van der Waals surface area contributed by atoms with Crippen LogP contribution in [-0.2, 0) is 16.0 Å². The second-order valence-electron chi connectivity index (χ2n) is 5.88.